The molecule has 0 saturated carbocycles. The number of amides is 14. The van der Waals surface area contributed by atoms with Gasteiger partial charge in [-0.25, -0.2) is 0 Å². The zero-order valence-electron chi connectivity index (χ0n) is 66.4. The monoisotopic (exact) mass is 1730 g/mol. The minimum Gasteiger partial charge on any atom is -0.756 e. The molecular weight excluding hydrogens is 1610 g/mol. The molecule has 36 nitrogen and oxygen atoms in total. The zero-order chi connectivity index (χ0) is 84.9. The largest absolute Gasteiger partial charge is 3.00 e. The van der Waals surface area contributed by atoms with Crippen molar-refractivity contribution in [1.29, 1.82) is 0 Å². The summed E-state index contributed by atoms with van der Waals surface area (Å²) in [6.07, 6.45) is 1.24. The average Bonchev–Trinajstić information content (AvgIpc) is 1.79. The number of hydrogen-bond donors (Lipinski definition) is 16. The molecule has 3 aromatic carbocycles. The van der Waals surface area contributed by atoms with Crippen molar-refractivity contribution in [2.45, 2.75) is 216 Å². The second kappa shape index (κ2) is 55.5. The fourth-order valence-electron chi connectivity index (χ4n) is 12.0. The summed E-state index contributed by atoms with van der Waals surface area (Å²) in [6.45, 7) is 3.67. The Hall–Kier alpha value is -9.16. The van der Waals surface area contributed by atoms with Gasteiger partial charge in [0.1, 0.15) is 42.3 Å². The Morgan fingerprint density at radius 2 is 1.03 bits per heavy atom. The maximum Gasteiger partial charge on any atom is 3.00 e. The second-order valence-electron chi connectivity index (χ2n) is 28.3. The number of unbranched alkanes of at least 4 members (excludes halogenated alkanes) is 7. The van der Waals surface area contributed by atoms with Crippen LogP contribution >= 0.6 is 21.6 Å². The van der Waals surface area contributed by atoms with Gasteiger partial charge in [0.25, 0.3) is 0 Å². The first kappa shape index (κ1) is 100. The smallest absolute Gasteiger partial charge is 0.756 e. The van der Waals surface area contributed by atoms with Crippen molar-refractivity contribution in [3.8, 4) is 0 Å². The van der Waals surface area contributed by atoms with E-state index in [1.165, 1.54) is 20.8 Å². The minimum absolute atomic E-state index is 0. The van der Waals surface area contributed by atoms with E-state index in [1.54, 1.807) is 85.1 Å². The standard InChI is InChI=1S/C78H113N16O20S2.Ga/c1-50(96)62(47-95)88-77(110)64-49-116-115-48-63(76(109)86-60(44-54-25-11-5-12-26-54)74(107)87-61(45-55-46-83-57-28-14-13-27-56(55)57)75(108)85-58(29-15-16-36-79)72(105)91-71(51(2)97)78(111)90-64)89-73(106)59(43-53-23-9-4-10-24-53)84-68(102)31-30-65(99)80-37-18-7-21-41-93(113)70(104)35-33-67(101)82-39-19-8-22-42-94(114)69(103)34-32-66(100)81-38-17-6-20-40-92(112)52(3)98;/h4-5,9-14,23-28,46,50-51,58-64,71,83,95-97H,6-8,15-22,29-45,47-49,79H2,1-3H3,(H,80,99)(H,81,100)(H,82,101)(H,84,102)(H,85,108)(H,86,109)(H,87,107)(H,88,110)(H,89,106)(H,90,111)(H,91,105);/q-3;+3/i;1-2. The summed E-state index contributed by atoms with van der Waals surface area (Å²) in [7, 11) is 1.85. The first-order valence-electron chi connectivity index (χ1n) is 39.2. The third kappa shape index (κ3) is 38.4. The fourth-order valence-corrected chi connectivity index (χ4v) is 14.4. The van der Waals surface area contributed by atoms with E-state index in [1.807, 2.05) is 6.07 Å². The van der Waals surface area contributed by atoms with E-state index in [9.17, 15) is 88.5 Å². The molecule has 39 heteroatoms. The van der Waals surface area contributed by atoms with Crippen molar-refractivity contribution in [1.82, 2.24) is 78.7 Å². The molecule has 17 N–H and O–H groups in total. The number of nitrogens with one attached hydrogen (secondary N) is 12. The topological polar surface area (TPSA) is 553 Å². The number of hydrogen-bond acceptors (Lipinski definition) is 23. The Balaban J connectivity index is 0.0000288. The maximum atomic E-state index is 15.2. The number of aromatic nitrogens is 1. The SMILES string of the molecule is CC(=O)N([O-])CCCCCNC(=O)CCC(=O)N([O-])CCCCCNC(=O)CCC(=O)N([O-])CCCCCNC(=O)CCC(=O)NC(Cc1ccccc1)C(=O)NC1CSSCC(C(=O)NC(CO)C(C)O)NC(=O)C(C(C)O)NC(=O)C(CCCCN)NC(=O)C(Cc2c[nH]c3ccccc23)NC(=O)C(Cc2ccccc2)NC1=O.[68Ga+3]. The van der Waals surface area contributed by atoms with Crippen molar-refractivity contribution >= 4 is 135 Å². The molecular formula is C78H113GaN16O20S2. The fraction of sp³-hybridized carbons (Fsp3) is 0.564. The number of hydroxylamine groups is 6. The van der Waals surface area contributed by atoms with Gasteiger partial charge < -0.3 is 115 Å². The van der Waals surface area contributed by atoms with Gasteiger partial charge in [-0.3, -0.25) is 67.1 Å². The molecule has 640 valence electrons. The normalized spacial score (nSPS) is 18.0. The molecule has 1 fully saturated rings. The van der Waals surface area contributed by atoms with Crippen LogP contribution in [-0.4, -0.2) is 262 Å². The Bertz CT molecular complexity index is 3820. The molecule has 0 spiro atoms. The third-order valence-corrected chi connectivity index (χ3v) is 21.3. The number of nitrogens with two attached hydrogens (primary N) is 1. The Morgan fingerprint density at radius 1 is 0.538 bits per heavy atom. The Labute approximate surface area is 701 Å². The van der Waals surface area contributed by atoms with Gasteiger partial charge in [0.15, 0.2) is 0 Å². The van der Waals surface area contributed by atoms with Gasteiger partial charge in [-0.15, -0.1) is 0 Å². The summed E-state index contributed by atoms with van der Waals surface area (Å²) >= 11 is 0. The van der Waals surface area contributed by atoms with Crippen molar-refractivity contribution in [3.63, 3.8) is 0 Å². The first-order valence-corrected chi connectivity index (χ1v) is 41.7. The number of nitrogens with zero attached hydrogens (tertiary/aromatic N) is 3. The van der Waals surface area contributed by atoms with Crippen LogP contribution in [0, 0.1) is 15.6 Å². The zero-order valence-corrected chi connectivity index (χ0v) is 70.5. The Kier molecular flexibility index (Phi) is 47.5. The van der Waals surface area contributed by atoms with Crippen LogP contribution in [0.5, 0.6) is 0 Å². The van der Waals surface area contributed by atoms with Gasteiger partial charge in [0.05, 0.1) is 24.9 Å². The third-order valence-electron chi connectivity index (χ3n) is 18.8. The van der Waals surface area contributed by atoms with Gasteiger partial charge in [0, 0.05) is 133 Å². The first-order chi connectivity index (χ1) is 55.6. The van der Waals surface area contributed by atoms with Crippen molar-refractivity contribution in [3.05, 3.63) is 123 Å². The van der Waals surface area contributed by atoms with E-state index in [2.05, 4.69) is 63.5 Å². The number of aromatic amines is 1. The minimum atomic E-state index is -1.76. The van der Waals surface area contributed by atoms with Crippen LogP contribution in [0.1, 0.15) is 153 Å². The van der Waals surface area contributed by atoms with Crippen molar-refractivity contribution in [2.24, 2.45) is 5.73 Å². The van der Waals surface area contributed by atoms with Crippen molar-refractivity contribution in [2.75, 3.05) is 63.9 Å². The van der Waals surface area contributed by atoms with Gasteiger partial charge in [-0.1, -0.05) is 100 Å². The van der Waals surface area contributed by atoms with E-state index >= 15 is 9.59 Å². The molecule has 0 radical (unpaired) electrons. The van der Waals surface area contributed by atoms with E-state index in [4.69, 9.17) is 5.73 Å². The van der Waals surface area contributed by atoms with Gasteiger partial charge in [-0.2, -0.15) is 0 Å². The number of rotatable bonds is 45. The number of carbonyl (C=O) groups is 14. The number of aliphatic hydroxyl groups excluding tert-OH is 3. The predicted octanol–water partition coefficient (Wildman–Crippen LogP) is 0.170. The van der Waals surface area contributed by atoms with Crippen LogP contribution in [0.15, 0.2) is 91.1 Å². The molecule has 0 bridgehead atoms. The quantitative estimate of drug-likeness (QED) is 0.0121. The van der Waals surface area contributed by atoms with Crippen LogP contribution in [0.25, 0.3) is 10.9 Å². The molecule has 1 aliphatic rings. The van der Waals surface area contributed by atoms with Gasteiger partial charge >= 0.3 is 19.8 Å². The molecule has 10 unspecified atom stereocenters. The molecule has 1 saturated heterocycles. The average molecular weight is 1730 g/mol. The van der Waals surface area contributed by atoms with E-state index in [-0.39, 0.29) is 146 Å². The maximum absolute atomic E-state index is 15.2. The van der Waals surface area contributed by atoms with E-state index < -0.39 is 156 Å². The summed E-state index contributed by atoms with van der Waals surface area (Å²) in [5, 5.41) is 98.7. The molecule has 2 heterocycles. The summed E-state index contributed by atoms with van der Waals surface area (Å²) in [4.78, 5) is 193. The second-order valence-corrected chi connectivity index (χ2v) is 30.9. The number of aliphatic hydroxyl groups is 3. The van der Waals surface area contributed by atoms with Crippen molar-refractivity contribution < 1.29 is 82.4 Å². The molecule has 1 aromatic heterocycles. The van der Waals surface area contributed by atoms with E-state index in [0.717, 1.165) is 21.6 Å². The van der Waals surface area contributed by atoms with Crippen LogP contribution < -0.4 is 64.2 Å². The predicted molar refractivity (Wildman–Crippen MR) is 441 cm³/mol. The molecule has 14 amide bonds. The molecule has 0 aliphatic carbocycles. The summed E-state index contributed by atoms with van der Waals surface area (Å²) in [6, 6.07) is 12.5. The number of benzene rings is 3. The number of H-pyrrole nitrogens is 1. The van der Waals surface area contributed by atoms with E-state index in [0.29, 0.717) is 102 Å². The van der Waals surface area contributed by atoms with Gasteiger partial charge in [-0.05, 0) is 120 Å². The summed E-state index contributed by atoms with van der Waals surface area (Å²) in [5.74, 6) is -11.3. The molecule has 5 rings (SSSR count). The van der Waals surface area contributed by atoms with Crippen LogP contribution in [-0.2, 0) is 86.4 Å². The van der Waals surface area contributed by atoms with Crippen LogP contribution in [0.3, 0.4) is 0 Å². The summed E-state index contributed by atoms with van der Waals surface area (Å²) in [5.41, 5.74) is 8.27. The number of fused-ring (bicyclic) bond motifs is 1. The Morgan fingerprint density at radius 3 is 1.56 bits per heavy atom. The molecule has 4 aromatic rings. The number of carbonyl (C=O) groups excluding carboxylic acids is 14. The van der Waals surface area contributed by atoms with Crippen LogP contribution in [0.2, 0.25) is 0 Å². The molecule has 10 atom stereocenters. The summed E-state index contributed by atoms with van der Waals surface area (Å²) < 4.78 is 0. The van der Waals surface area contributed by atoms with Gasteiger partial charge in [0.2, 0.25) is 82.7 Å². The number of para-hydroxylation sites is 1. The van der Waals surface area contributed by atoms with Crippen LogP contribution in [0.4, 0.5) is 0 Å². The molecule has 1 aliphatic heterocycles. The molecule has 117 heavy (non-hydrogen) atoms.